The van der Waals surface area contributed by atoms with E-state index in [1.165, 1.54) is 11.9 Å². The first-order chi connectivity index (χ1) is 9.67. The van der Waals surface area contributed by atoms with Crippen LogP contribution in [0.3, 0.4) is 0 Å². The molecule has 8 nitrogen and oxygen atoms in total. The Morgan fingerprint density at radius 1 is 1.60 bits per heavy atom. The van der Waals surface area contributed by atoms with E-state index in [0.29, 0.717) is 25.3 Å². The molecule has 1 aliphatic heterocycles. The predicted octanol–water partition coefficient (Wildman–Crippen LogP) is -0.246. The summed E-state index contributed by atoms with van der Waals surface area (Å²) in [5.74, 6) is 0.435. The Morgan fingerprint density at radius 2 is 2.45 bits per heavy atom. The van der Waals surface area contributed by atoms with E-state index in [-0.39, 0.29) is 12.1 Å². The number of hydrogen-bond acceptors (Lipinski definition) is 7. The molecule has 0 amide bonds. The van der Waals surface area contributed by atoms with E-state index >= 15 is 0 Å². The lowest BCUT2D eigenvalue weighted by Crippen LogP contribution is -2.34. The van der Waals surface area contributed by atoms with Gasteiger partial charge >= 0.3 is 5.97 Å². The smallest absolute Gasteiger partial charge is 0.306 e. The molecule has 1 fully saturated rings. The Bertz CT molecular complexity index is 430. The van der Waals surface area contributed by atoms with Gasteiger partial charge in [-0.25, -0.2) is 0 Å². The summed E-state index contributed by atoms with van der Waals surface area (Å²) in [6.45, 7) is 2.75. The minimum Gasteiger partial charge on any atom is -0.469 e. The topological polar surface area (TPSA) is 82.4 Å². The number of hydrogen-bond donors (Lipinski definition) is 0. The highest BCUT2D eigenvalue weighted by atomic mass is 16.5. The molecule has 2 heterocycles. The average Bonchev–Trinajstić information content (AvgIpc) is 3.07. The third-order valence-electron chi connectivity index (χ3n) is 3.26. The average molecular weight is 283 g/mol. The van der Waals surface area contributed by atoms with Gasteiger partial charge in [0.05, 0.1) is 33.2 Å². The van der Waals surface area contributed by atoms with Gasteiger partial charge in [-0.3, -0.25) is 9.69 Å². The van der Waals surface area contributed by atoms with E-state index in [4.69, 9.17) is 4.74 Å². The quantitative estimate of drug-likeness (QED) is 0.638. The molecule has 1 saturated heterocycles. The first-order valence-electron chi connectivity index (χ1n) is 6.81. The van der Waals surface area contributed by atoms with Gasteiger partial charge in [0.15, 0.2) is 5.82 Å². The van der Waals surface area contributed by atoms with E-state index < -0.39 is 0 Å². The molecule has 1 unspecified atom stereocenters. The maximum atomic E-state index is 11.3. The van der Waals surface area contributed by atoms with Gasteiger partial charge in [-0.05, 0) is 18.1 Å². The minimum atomic E-state index is -0.213. The summed E-state index contributed by atoms with van der Waals surface area (Å²) in [6.07, 6.45) is 2.73. The summed E-state index contributed by atoms with van der Waals surface area (Å²) < 4.78 is 10.3. The number of nitrogens with zero attached hydrogens (tertiary/aromatic N) is 5. The third kappa shape index (κ3) is 4.53. The van der Waals surface area contributed by atoms with Gasteiger partial charge in [-0.2, -0.15) is 4.80 Å². The number of carbonyl (C=O) groups excluding carboxylic acids is 1. The van der Waals surface area contributed by atoms with Crippen molar-refractivity contribution in [3.63, 3.8) is 0 Å². The number of aryl methyl sites for hydroxylation is 1. The van der Waals surface area contributed by atoms with E-state index in [0.717, 1.165) is 26.0 Å². The highest BCUT2D eigenvalue weighted by Crippen LogP contribution is 2.14. The molecule has 0 N–H and O–H groups in total. The van der Waals surface area contributed by atoms with Crippen LogP contribution in [0.5, 0.6) is 0 Å². The number of tetrazole rings is 1. The van der Waals surface area contributed by atoms with Crippen molar-refractivity contribution < 1.29 is 14.3 Å². The molecule has 0 saturated carbocycles. The Balaban J connectivity index is 1.89. The van der Waals surface area contributed by atoms with Crippen LogP contribution in [0.15, 0.2) is 0 Å². The lowest BCUT2D eigenvalue weighted by Gasteiger charge is -2.23. The van der Waals surface area contributed by atoms with Crippen LogP contribution < -0.4 is 0 Å². The molecule has 1 aromatic heterocycles. The van der Waals surface area contributed by atoms with E-state index in [1.54, 1.807) is 7.05 Å². The van der Waals surface area contributed by atoms with Gasteiger partial charge in [0.25, 0.3) is 0 Å². The van der Waals surface area contributed by atoms with Crippen LogP contribution >= 0.6 is 0 Å². The second-order valence-electron chi connectivity index (χ2n) is 4.89. The number of aromatic nitrogens is 4. The highest BCUT2D eigenvalue weighted by Gasteiger charge is 2.21. The largest absolute Gasteiger partial charge is 0.469 e. The number of esters is 1. The normalized spacial score (nSPS) is 18.6. The molecule has 0 radical (unpaired) electrons. The van der Waals surface area contributed by atoms with Crippen molar-refractivity contribution in [3.05, 3.63) is 5.82 Å². The van der Waals surface area contributed by atoms with Gasteiger partial charge in [0, 0.05) is 19.7 Å². The summed E-state index contributed by atoms with van der Waals surface area (Å²) in [5, 5.41) is 12.0. The summed E-state index contributed by atoms with van der Waals surface area (Å²) >= 11 is 0. The van der Waals surface area contributed by atoms with Crippen molar-refractivity contribution in [2.45, 2.75) is 31.9 Å². The second-order valence-corrected chi connectivity index (χ2v) is 4.89. The molecule has 0 aliphatic carbocycles. The van der Waals surface area contributed by atoms with Crippen LogP contribution in [0, 0.1) is 0 Å². The van der Waals surface area contributed by atoms with E-state index in [2.05, 4.69) is 25.0 Å². The molecule has 112 valence electrons. The lowest BCUT2D eigenvalue weighted by molar-refractivity contribution is -0.141. The zero-order valence-electron chi connectivity index (χ0n) is 12.0. The Hall–Kier alpha value is -1.54. The van der Waals surface area contributed by atoms with Crippen molar-refractivity contribution in [1.29, 1.82) is 0 Å². The fourth-order valence-electron chi connectivity index (χ4n) is 2.25. The fraction of sp³-hybridized carbons (Fsp3) is 0.833. The molecule has 1 atom stereocenters. The van der Waals surface area contributed by atoms with Crippen LogP contribution in [0.1, 0.15) is 25.1 Å². The number of methoxy groups -OCH3 is 1. The lowest BCUT2D eigenvalue weighted by atomic mass is 10.2. The van der Waals surface area contributed by atoms with Crippen molar-refractivity contribution in [1.82, 2.24) is 25.1 Å². The van der Waals surface area contributed by atoms with Crippen molar-refractivity contribution in [3.8, 4) is 0 Å². The van der Waals surface area contributed by atoms with Gasteiger partial charge in [-0.15, -0.1) is 10.2 Å². The van der Waals surface area contributed by atoms with Gasteiger partial charge in [0.2, 0.25) is 0 Å². The van der Waals surface area contributed by atoms with E-state index in [1.807, 2.05) is 0 Å². The van der Waals surface area contributed by atoms with Gasteiger partial charge in [0.1, 0.15) is 0 Å². The van der Waals surface area contributed by atoms with Gasteiger partial charge in [-0.1, -0.05) is 0 Å². The van der Waals surface area contributed by atoms with E-state index in [9.17, 15) is 4.79 Å². The van der Waals surface area contributed by atoms with Crippen LogP contribution in [0.2, 0.25) is 0 Å². The standard InChI is InChI=1S/C12H21N5O3/c1-16-14-11(13-15-16)9-17(6-5-12(18)19-2)8-10-4-3-7-20-10/h10H,3-9H2,1-2H3. The Labute approximate surface area is 118 Å². The van der Waals surface area contributed by atoms with Crippen LogP contribution in [-0.4, -0.2) is 64.0 Å². The second kappa shape index (κ2) is 7.30. The first kappa shape index (κ1) is 14.9. The monoisotopic (exact) mass is 283 g/mol. The predicted molar refractivity (Wildman–Crippen MR) is 69.7 cm³/mol. The Morgan fingerprint density at radius 3 is 3.05 bits per heavy atom. The third-order valence-corrected chi connectivity index (χ3v) is 3.26. The van der Waals surface area contributed by atoms with Crippen molar-refractivity contribution >= 4 is 5.97 Å². The number of rotatable bonds is 7. The molecule has 8 heteroatoms. The van der Waals surface area contributed by atoms with Crippen LogP contribution in [0.4, 0.5) is 0 Å². The molecule has 0 spiro atoms. The SMILES string of the molecule is COC(=O)CCN(Cc1nnn(C)n1)CC1CCCO1. The number of ether oxygens (including phenoxy) is 2. The molecule has 0 bridgehead atoms. The highest BCUT2D eigenvalue weighted by molar-refractivity contribution is 5.69. The molecule has 2 rings (SSSR count). The molecule has 1 aromatic rings. The minimum absolute atomic E-state index is 0.213. The zero-order chi connectivity index (χ0) is 14.4. The summed E-state index contributed by atoms with van der Waals surface area (Å²) in [7, 11) is 3.13. The van der Waals surface area contributed by atoms with Crippen molar-refractivity contribution in [2.24, 2.45) is 7.05 Å². The molecular formula is C12H21N5O3. The molecule has 1 aliphatic rings. The molecule has 20 heavy (non-hydrogen) atoms. The number of carbonyl (C=O) groups is 1. The summed E-state index contributed by atoms with van der Waals surface area (Å²) in [6, 6.07) is 0. The first-order valence-corrected chi connectivity index (χ1v) is 6.81. The van der Waals surface area contributed by atoms with Crippen LogP contribution in [0.25, 0.3) is 0 Å². The van der Waals surface area contributed by atoms with Crippen molar-refractivity contribution in [2.75, 3.05) is 26.8 Å². The maximum Gasteiger partial charge on any atom is 0.306 e. The summed E-state index contributed by atoms with van der Waals surface area (Å²) in [5.41, 5.74) is 0. The summed E-state index contributed by atoms with van der Waals surface area (Å²) in [4.78, 5) is 14.8. The fourth-order valence-corrected chi connectivity index (χ4v) is 2.25. The maximum absolute atomic E-state index is 11.3. The molecule has 0 aromatic carbocycles. The zero-order valence-corrected chi connectivity index (χ0v) is 12.0. The molecular weight excluding hydrogens is 262 g/mol. The Kier molecular flexibility index (Phi) is 5.42. The van der Waals surface area contributed by atoms with Gasteiger partial charge < -0.3 is 9.47 Å². The van der Waals surface area contributed by atoms with Crippen LogP contribution in [-0.2, 0) is 27.9 Å².